The van der Waals surface area contributed by atoms with Gasteiger partial charge in [-0.3, -0.25) is 4.79 Å². The lowest BCUT2D eigenvalue weighted by atomic mass is 9.73. The van der Waals surface area contributed by atoms with Crippen molar-refractivity contribution in [1.29, 1.82) is 0 Å². The maximum atomic E-state index is 13.1. The Morgan fingerprint density at radius 2 is 1.59 bits per heavy atom. The van der Waals surface area contributed by atoms with Gasteiger partial charge in [0, 0.05) is 42.1 Å². The van der Waals surface area contributed by atoms with E-state index in [9.17, 15) is 9.90 Å². The number of aromatic amines is 1. The second kappa shape index (κ2) is 12.0. The maximum Gasteiger partial charge on any atom is 0.261 e. The highest BCUT2D eigenvalue weighted by atomic mass is 28.4. The number of hydrogen-bond donors (Lipinski definition) is 2. The Morgan fingerprint density at radius 1 is 0.976 bits per heavy atom. The molecule has 0 saturated carbocycles. The number of para-hydroxylation sites is 1. The third kappa shape index (κ3) is 5.53. The number of piperidine rings is 1. The SMILES string of the molecule is CC[C@@]1(CCO[Si](c2ccccc2)(c2ccccc2)C(C)(C)C)CCC(=O)N(CCc2c[nH]c3ccccc23)C1O. The van der Waals surface area contributed by atoms with Crippen molar-refractivity contribution >= 4 is 35.5 Å². The Morgan fingerprint density at radius 3 is 2.20 bits per heavy atom. The quantitative estimate of drug-likeness (QED) is 0.230. The minimum atomic E-state index is -2.68. The Kier molecular flexibility index (Phi) is 8.55. The summed E-state index contributed by atoms with van der Waals surface area (Å²) in [6.07, 6.45) is 4.51. The second-order valence-corrected chi connectivity index (χ2v) is 16.9. The molecule has 3 aromatic carbocycles. The molecular weight excluding hydrogens is 524 g/mol. The van der Waals surface area contributed by atoms with Crippen LogP contribution in [-0.4, -0.2) is 48.6 Å². The average Bonchev–Trinajstić information content (AvgIpc) is 3.40. The van der Waals surface area contributed by atoms with Crippen molar-refractivity contribution in [2.75, 3.05) is 13.2 Å². The number of nitrogens with zero attached hydrogens (tertiary/aromatic N) is 1. The van der Waals surface area contributed by atoms with Gasteiger partial charge in [-0.25, -0.2) is 0 Å². The average molecular weight is 569 g/mol. The molecule has 1 aromatic heterocycles. The molecule has 0 bridgehead atoms. The van der Waals surface area contributed by atoms with Crippen LogP contribution in [0.5, 0.6) is 0 Å². The van der Waals surface area contributed by atoms with Gasteiger partial charge in [0.15, 0.2) is 0 Å². The summed E-state index contributed by atoms with van der Waals surface area (Å²) in [6, 6.07) is 29.6. The number of H-pyrrole nitrogens is 1. The highest BCUT2D eigenvalue weighted by Crippen LogP contribution is 2.43. The van der Waals surface area contributed by atoms with E-state index < -0.39 is 20.0 Å². The van der Waals surface area contributed by atoms with E-state index in [0.29, 0.717) is 38.8 Å². The molecule has 216 valence electrons. The molecule has 5 rings (SSSR count). The van der Waals surface area contributed by atoms with E-state index in [1.165, 1.54) is 21.3 Å². The first-order valence-corrected chi connectivity index (χ1v) is 16.9. The van der Waals surface area contributed by atoms with Crippen LogP contribution in [0, 0.1) is 5.41 Å². The number of amides is 1. The van der Waals surface area contributed by atoms with Gasteiger partial charge in [-0.15, -0.1) is 0 Å². The fourth-order valence-electron chi connectivity index (χ4n) is 6.88. The zero-order valence-electron chi connectivity index (χ0n) is 24.9. The van der Waals surface area contributed by atoms with Crippen LogP contribution in [0.4, 0.5) is 0 Å². The predicted octanol–water partition coefficient (Wildman–Crippen LogP) is 6.01. The Labute approximate surface area is 245 Å². The number of nitrogens with one attached hydrogen (secondary N) is 1. The third-order valence-corrected chi connectivity index (χ3v) is 14.4. The minimum absolute atomic E-state index is 0.0364. The summed E-state index contributed by atoms with van der Waals surface area (Å²) in [6.45, 7) is 10.0. The smallest absolute Gasteiger partial charge is 0.261 e. The molecule has 1 fully saturated rings. The molecule has 5 nitrogen and oxygen atoms in total. The lowest BCUT2D eigenvalue weighted by Gasteiger charge is -2.48. The number of carbonyl (C=O) groups excluding carboxylic acids is 1. The standard InChI is InChI=1S/C35H44N2O3Si/c1-5-35(22-20-32(38)37(33(35)39)24-21-27-26-36-31-19-13-12-18-30(27)31)23-25-40-41(34(2,3)4,28-14-8-6-9-15-28)29-16-10-7-11-17-29/h6-19,26,33,36,39H,5,20-25H2,1-4H3/t33?,35-/m0/s1. The Hall–Kier alpha value is -3.19. The number of fused-ring (bicyclic) bond motifs is 1. The number of likely N-dealkylation sites (tertiary alicyclic amines) is 1. The number of aliphatic hydroxyl groups is 1. The number of hydrogen-bond acceptors (Lipinski definition) is 3. The number of aliphatic hydroxyl groups excluding tert-OH is 1. The molecule has 2 atom stereocenters. The molecule has 41 heavy (non-hydrogen) atoms. The van der Waals surface area contributed by atoms with Crippen LogP contribution in [0.1, 0.15) is 58.9 Å². The predicted molar refractivity (Wildman–Crippen MR) is 170 cm³/mol. The van der Waals surface area contributed by atoms with Gasteiger partial charge in [0.1, 0.15) is 6.23 Å². The van der Waals surface area contributed by atoms with E-state index in [4.69, 9.17) is 4.43 Å². The Balaban J connectivity index is 1.37. The fraction of sp³-hybridized carbons (Fsp3) is 0.400. The first-order chi connectivity index (χ1) is 19.7. The summed E-state index contributed by atoms with van der Waals surface area (Å²) in [5.74, 6) is 0.0364. The van der Waals surface area contributed by atoms with Crippen LogP contribution in [0.2, 0.25) is 5.04 Å². The van der Waals surface area contributed by atoms with E-state index in [-0.39, 0.29) is 10.9 Å². The molecule has 6 heteroatoms. The van der Waals surface area contributed by atoms with Gasteiger partial charge >= 0.3 is 0 Å². The van der Waals surface area contributed by atoms with Gasteiger partial charge in [-0.05, 0) is 52.7 Å². The van der Waals surface area contributed by atoms with Crippen LogP contribution in [-0.2, 0) is 15.6 Å². The van der Waals surface area contributed by atoms with E-state index in [0.717, 1.165) is 11.9 Å². The molecule has 2 N–H and O–H groups in total. The Bertz CT molecular complexity index is 1410. The molecule has 0 aliphatic carbocycles. The molecule has 0 spiro atoms. The van der Waals surface area contributed by atoms with Gasteiger partial charge in [0.05, 0.1) is 0 Å². The van der Waals surface area contributed by atoms with E-state index in [1.807, 2.05) is 18.3 Å². The topological polar surface area (TPSA) is 65.6 Å². The molecule has 4 aromatic rings. The lowest BCUT2D eigenvalue weighted by Crippen LogP contribution is -2.67. The van der Waals surface area contributed by atoms with Gasteiger partial charge in [0.25, 0.3) is 8.32 Å². The highest BCUT2D eigenvalue weighted by Gasteiger charge is 2.51. The molecule has 2 heterocycles. The van der Waals surface area contributed by atoms with E-state index in [2.05, 4.69) is 105 Å². The van der Waals surface area contributed by atoms with Crippen LogP contribution < -0.4 is 10.4 Å². The maximum absolute atomic E-state index is 13.1. The van der Waals surface area contributed by atoms with Crippen molar-refractivity contribution < 1.29 is 14.3 Å². The summed E-state index contributed by atoms with van der Waals surface area (Å²) >= 11 is 0. The third-order valence-electron chi connectivity index (χ3n) is 9.34. The first-order valence-electron chi connectivity index (χ1n) is 15.0. The van der Waals surface area contributed by atoms with Gasteiger partial charge in [-0.1, -0.05) is 107 Å². The van der Waals surface area contributed by atoms with Crippen LogP contribution >= 0.6 is 0 Å². The van der Waals surface area contributed by atoms with Gasteiger partial charge < -0.3 is 19.4 Å². The van der Waals surface area contributed by atoms with Crippen molar-refractivity contribution in [1.82, 2.24) is 9.88 Å². The molecule has 1 amide bonds. The largest absolute Gasteiger partial charge is 0.407 e. The van der Waals surface area contributed by atoms with Crippen molar-refractivity contribution in [3.63, 3.8) is 0 Å². The van der Waals surface area contributed by atoms with Crippen LogP contribution in [0.3, 0.4) is 0 Å². The highest BCUT2D eigenvalue weighted by molar-refractivity contribution is 6.99. The van der Waals surface area contributed by atoms with Gasteiger partial charge in [0.2, 0.25) is 5.91 Å². The summed E-state index contributed by atoms with van der Waals surface area (Å²) in [4.78, 5) is 18.1. The molecular formula is C35H44N2O3Si. The monoisotopic (exact) mass is 568 g/mol. The molecule has 1 aliphatic rings. The number of rotatable bonds is 10. The van der Waals surface area contributed by atoms with Crippen molar-refractivity contribution in [3.05, 3.63) is 96.7 Å². The fourth-order valence-corrected chi connectivity index (χ4v) is 11.4. The van der Waals surface area contributed by atoms with Gasteiger partial charge in [-0.2, -0.15) is 0 Å². The van der Waals surface area contributed by atoms with Crippen molar-refractivity contribution in [3.8, 4) is 0 Å². The van der Waals surface area contributed by atoms with Crippen molar-refractivity contribution in [2.24, 2.45) is 5.41 Å². The first kappa shape index (κ1) is 29.3. The zero-order valence-corrected chi connectivity index (χ0v) is 25.9. The minimum Gasteiger partial charge on any atom is -0.407 e. The number of aromatic nitrogens is 1. The summed E-state index contributed by atoms with van der Waals surface area (Å²) in [7, 11) is -2.68. The van der Waals surface area contributed by atoms with Crippen LogP contribution in [0.25, 0.3) is 10.9 Å². The van der Waals surface area contributed by atoms with E-state index >= 15 is 0 Å². The van der Waals surface area contributed by atoms with Crippen LogP contribution in [0.15, 0.2) is 91.1 Å². The summed E-state index contributed by atoms with van der Waals surface area (Å²) < 4.78 is 7.19. The molecule has 1 aliphatic heterocycles. The van der Waals surface area contributed by atoms with Crippen molar-refractivity contribution in [2.45, 2.75) is 71.1 Å². The second-order valence-electron chi connectivity index (χ2n) is 12.5. The normalized spacial score (nSPS) is 20.1. The summed E-state index contributed by atoms with van der Waals surface area (Å²) in [5.41, 5.74) is 1.86. The molecule has 1 saturated heterocycles. The molecule has 0 radical (unpaired) electrons. The lowest BCUT2D eigenvalue weighted by molar-refractivity contribution is -0.169. The zero-order chi connectivity index (χ0) is 29.1. The summed E-state index contributed by atoms with van der Waals surface area (Å²) in [5, 5.41) is 15.3. The molecule has 1 unspecified atom stereocenters. The number of benzene rings is 3. The number of carbonyl (C=O) groups is 1. The van der Waals surface area contributed by atoms with E-state index in [1.54, 1.807) is 4.90 Å².